The van der Waals surface area contributed by atoms with Crippen LogP contribution in [0.2, 0.25) is 0 Å². The minimum absolute atomic E-state index is 0.0110. The number of nitrogen functional groups attached to an aromatic ring is 1. The lowest BCUT2D eigenvalue weighted by atomic mass is 9.78. The third-order valence-electron chi connectivity index (χ3n) is 8.64. The van der Waals surface area contributed by atoms with Crippen molar-refractivity contribution >= 4 is 28.4 Å². The minimum atomic E-state index is -0.593. The van der Waals surface area contributed by atoms with Gasteiger partial charge in [0.25, 0.3) is 5.56 Å². The topological polar surface area (TPSA) is 103 Å². The van der Waals surface area contributed by atoms with E-state index in [4.69, 9.17) is 19.9 Å². The van der Waals surface area contributed by atoms with E-state index in [1.54, 1.807) is 17.8 Å². The van der Waals surface area contributed by atoms with Crippen LogP contribution in [0.1, 0.15) is 44.3 Å². The normalized spacial score (nSPS) is 22.5. The lowest BCUT2D eigenvalue weighted by Gasteiger charge is -2.45. The maximum absolute atomic E-state index is 14.9. The molecule has 0 atom stereocenters. The van der Waals surface area contributed by atoms with Gasteiger partial charge in [0.05, 0.1) is 24.5 Å². The van der Waals surface area contributed by atoms with Crippen molar-refractivity contribution in [2.45, 2.75) is 55.6 Å². The number of hydrogen-bond acceptors (Lipinski definition) is 8. The van der Waals surface area contributed by atoms with Crippen LogP contribution in [0.25, 0.3) is 10.9 Å². The summed E-state index contributed by atoms with van der Waals surface area (Å²) in [6, 6.07) is 11.2. The number of halogens is 1. The predicted molar refractivity (Wildman–Crippen MR) is 160 cm³/mol. The molecule has 220 valence electrons. The zero-order chi connectivity index (χ0) is 28.2. The maximum atomic E-state index is 14.9. The van der Waals surface area contributed by atoms with Crippen LogP contribution in [0.3, 0.4) is 0 Å². The van der Waals surface area contributed by atoms with E-state index in [9.17, 15) is 9.18 Å². The van der Waals surface area contributed by atoms with Gasteiger partial charge in [0.2, 0.25) is 0 Å². The molecule has 0 radical (unpaired) electrons. The van der Waals surface area contributed by atoms with Crippen molar-refractivity contribution in [2.75, 3.05) is 45.3 Å². The number of piperidine rings is 1. The SMILES string of the molecule is Nc1ccc(OCC2CC(N3CCC(COc4cc(F)c5c(=O)[nH]c(CSC6CCOCC6)nc5c4)CC3)C2)cc1. The Bertz CT molecular complexity index is 1370. The molecule has 3 aromatic rings. The van der Waals surface area contributed by atoms with E-state index in [0.717, 1.165) is 70.0 Å². The van der Waals surface area contributed by atoms with Gasteiger partial charge in [0.15, 0.2) is 0 Å². The molecule has 3 heterocycles. The van der Waals surface area contributed by atoms with Crippen molar-refractivity contribution in [2.24, 2.45) is 11.8 Å². The highest BCUT2D eigenvalue weighted by Crippen LogP contribution is 2.35. The maximum Gasteiger partial charge on any atom is 0.261 e. The van der Waals surface area contributed by atoms with Gasteiger partial charge in [0, 0.05) is 42.3 Å². The molecular weight excluding hydrogens is 543 g/mol. The number of benzene rings is 2. The number of hydrogen-bond donors (Lipinski definition) is 2. The fourth-order valence-corrected chi connectivity index (χ4v) is 7.11. The van der Waals surface area contributed by atoms with E-state index >= 15 is 0 Å². The Labute approximate surface area is 244 Å². The third kappa shape index (κ3) is 7.16. The van der Waals surface area contributed by atoms with Crippen LogP contribution in [-0.2, 0) is 10.5 Å². The minimum Gasteiger partial charge on any atom is -0.493 e. The summed E-state index contributed by atoms with van der Waals surface area (Å²) in [5, 5.41) is 0.478. The van der Waals surface area contributed by atoms with Crippen molar-refractivity contribution in [3.05, 3.63) is 58.4 Å². The summed E-state index contributed by atoms with van der Waals surface area (Å²) in [6.07, 6.45) is 6.46. The molecule has 1 saturated carbocycles. The number of fused-ring (bicyclic) bond motifs is 1. The zero-order valence-corrected chi connectivity index (χ0v) is 24.2. The lowest BCUT2D eigenvalue weighted by molar-refractivity contribution is 0.0239. The van der Waals surface area contributed by atoms with Gasteiger partial charge < -0.3 is 29.8 Å². The number of ether oxygens (including phenoxy) is 3. The smallest absolute Gasteiger partial charge is 0.261 e. The van der Waals surface area contributed by atoms with Gasteiger partial charge in [-0.15, -0.1) is 0 Å². The summed E-state index contributed by atoms with van der Waals surface area (Å²) in [7, 11) is 0. The number of aromatic amines is 1. The molecule has 2 saturated heterocycles. The first kappa shape index (κ1) is 28.3. The molecule has 3 N–H and O–H groups in total. The van der Waals surface area contributed by atoms with Crippen LogP contribution in [0.5, 0.6) is 11.5 Å². The molecule has 6 rings (SSSR count). The Morgan fingerprint density at radius 1 is 1.00 bits per heavy atom. The standard InChI is InChI=1S/C31H39FN4O4S/c32-27-15-25(16-28-30(27)31(37)35-29(34-28)19-41-26-7-11-38-12-8-26)40-17-20-5-9-36(10-6-20)23-13-21(14-23)18-39-24-3-1-22(33)2-4-24/h1-4,15-16,20-21,23,26H,5-14,17-19,33H2,(H,34,35,37). The first-order valence-electron chi connectivity index (χ1n) is 14.8. The summed E-state index contributed by atoms with van der Waals surface area (Å²) < 4.78 is 32.3. The van der Waals surface area contributed by atoms with Gasteiger partial charge in [-0.3, -0.25) is 4.79 Å². The van der Waals surface area contributed by atoms with E-state index < -0.39 is 11.4 Å². The number of H-pyrrole nitrogens is 1. The summed E-state index contributed by atoms with van der Waals surface area (Å²) >= 11 is 1.76. The van der Waals surface area contributed by atoms with Crippen LogP contribution in [-0.4, -0.2) is 65.7 Å². The van der Waals surface area contributed by atoms with Crippen LogP contribution in [0, 0.1) is 17.7 Å². The highest BCUT2D eigenvalue weighted by Gasteiger charge is 2.35. The fourth-order valence-electron chi connectivity index (χ4n) is 6.05. The number of nitrogens with two attached hydrogens (primary N) is 1. The summed E-state index contributed by atoms with van der Waals surface area (Å²) in [5.41, 5.74) is 6.40. The molecule has 1 aromatic heterocycles. The number of nitrogens with zero attached hydrogens (tertiary/aromatic N) is 2. The number of aromatic nitrogens is 2. The highest BCUT2D eigenvalue weighted by molar-refractivity contribution is 7.99. The number of anilines is 1. The van der Waals surface area contributed by atoms with Gasteiger partial charge >= 0.3 is 0 Å². The number of rotatable bonds is 10. The first-order valence-corrected chi connectivity index (χ1v) is 15.8. The quantitative estimate of drug-likeness (QED) is 0.322. The largest absolute Gasteiger partial charge is 0.493 e. The Hall–Kier alpha value is -2.82. The Morgan fingerprint density at radius 3 is 2.46 bits per heavy atom. The fraction of sp³-hybridized carbons (Fsp3) is 0.548. The average Bonchev–Trinajstić information content (AvgIpc) is 2.96. The molecule has 0 spiro atoms. The number of likely N-dealkylation sites (tertiary alicyclic amines) is 1. The number of thioether (sulfide) groups is 1. The molecule has 8 nitrogen and oxygen atoms in total. The summed E-state index contributed by atoms with van der Waals surface area (Å²) in [4.78, 5) is 22.5. The summed E-state index contributed by atoms with van der Waals surface area (Å²) in [6.45, 7) is 4.95. The predicted octanol–water partition coefficient (Wildman–Crippen LogP) is 5.01. The Morgan fingerprint density at radius 2 is 1.71 bits per heavy atom. The van der Waals surface area contributed by atoms with Crippen LogP contribution in [0.4, 0.5) is 10.1 Å². The van der Waals surface area contributed by atoms with Crippen molar-refractivity contribution < 1.29 is 18.6 Å². The van der Waals surface area contributed by atoms with Gasteiger partial charge in [-0.1, -0.05) is 0 Å². The van der Waals surface area contributed by atoms with Crippen molar-refractivity contribution in [1.82, 2.24) is 14.9 Å². The second kappa shape index (κ2) is 13.0. The Balaban J connectivity index is 0.957. The van der Waals surface area contributed by atoms with Crippen molar-refractivity contribution in [1.29, 1.82) is 0 Å². The third-order valence-corrected chi connectivity index (χ3v) is 10.0. The molecule has 0 amide bonds. The van der Waals surface area contributed by atoms with Crippen LogP contribution >= 0.6 is 11.8 Å². The van der Waals surface area contributed by atoms with E-state index in [2.05, 4.69) is 14.9 Å². The van der Waals surface area contributed by atoms with Crippen molar-refractivity contribution in [3.63, 3.8) is 0 Å². The molecule has 41 heavy (non-hydrogen) atoms. The Kier molecular flexibility index (Phi) is 8.98. The molecule has 1 aliphatic carbocycles. The molecule has 10 heteroatoms. The lowest BCUT2D eigenvalue weighted by Crippen LogP contribution is -2.49. The van der Waals surface area contributed by atoms with Crippen LogP contribution in [0.15, 0.2) is 41.2 Å². The monoisotopic (exact) mass is 582 g/mol. The molecule has 3 aliphatic rings. The zero-order valence-electron chi connectivity index (χ0n) is 23.4. The van der Waals surface area contributed by atoms with Gasteiger partial charge in [-0.05, 0) is 87.7 Å². The van der Waals surface area contributed by atoms with E-state index in [-0.39, 0.29) is 5.39 Å². The van der Waals surface area contributed by atoms with Gasteiger partial charge in [-0.25, -0.2) is 9.37 Å². The second-order valence-corrected chi connectivity index (χ2v) is 12.9. The molecule has 2 aromatic carbocycles. The molecule has 0 bridgehead atoms. The first-order chi connectivity index (χ1) is 20.0. The van der Waals surface area contributed by atoms with E-state index in [0.29, 0.717) is 52.6 Å². The molecule has 2 aliphatic heterocycles. The second-order valence-electron chi connectivity index (χ2n) is 11.6. The van der Waals surface area contributed by atoms with Crippen LogP contribution < -0.4 is 20.8 Å². The molecule has 3 fully saturated rings. The van der Waals surface area contributed by atoms with Crippen molar-refractivity contribution in [3.8, 4) is 11.5 Å². The van der Waals surface area contributed by atoms with E-state index in [1.165, 1.54) is 18.9 Å². The van der Waals surface area contributed by atoms with Gasteiger partial charge in [0.1, 0.15) is 28.5 Å². The number of nitrogens with one attached hydrogen (secondary N) is 1. The average molecular weight is 583 g/mol. The highest BCUT2D eigenvalue weighted by atomic mass is 32.2. The van der Waals surface area contributed by atoms with Gasteiger partial charge in [-0.2, -0.15) is 11.8 Å². The molecular formula is C31H39FN4O4S. The van der Waals surface area contributed by atoms with E-state index in [1.807, 2.05) is 24.3 Å². The molecule has 0 unspecified atom stereocenters. The summed E-state index contributed by atoms with van der Waals surface area (Å²) in [5.74, 6) is 2.89.